The Hall–Kier alpha value is -4.20. The monoisotopic (exact) mass is 486 g/mol. The summed E-state index contributed by atoms with van der Waals surface area (Å²) in [4.78, 5) is 31.4. The molecule has 0 spiro atoms. The molecule has 0 aliphatic heterocycles. The number of fused-ring (bicyclic) bond motifs is 1. The lowest BCUT2D eigenvalue weighted by molar-refractivity contribution is 0.0503. The molecule has 0 radical (unpaired) electrons. The summed E-state index contributed by atoms with van der Waals surface area (Å²) < 4.78 is 11.1. The minimum atomic E-state index is -0.660. The zero-order chi connectivity index (χ0) is 25.9. The molecule has 1 N–H and O–H groups in total. The number of hydrogen-bond donors (Lipinski definition) is 1. The van der Waals surface area contributed by atoms with Gasteiger partial charge in [-0.3, -0.25) is 4.79 Å². The van der Waals surface area contributed by atoms with Crippen LogP contribution in [0, 0.1) is 0 Å². The predicted octanol–water partition coefficient (Wildman–Crippen LogP) is 5.40. The lowest BCUT2D eigenvalue weighted by Gasteiger charge is -2.25. The maximum Gasteiger partial charge on any atom is 0.408 e. The average molecular weight is 487 g/mol. The Morgan fingerprint density at radius 3 is 2.47 bits per heavy atom. The molecule has 0 saturated heterocycles. The van der Waals surface area contributed by atoms with E-state index in [4.69, 9.17) is 9.26 Å². The van der Waals surface area contributed by atoms with Gasteiger partial charge in [0.25, 0.3) is 5.91 Å². The molecule has 4 rings (SSSR count). The van der Waals surface area contributed by atoms with Crippen LogP contribution in [0.15, 0.2) is 71.3 Å². The number of nitrogens with zero attached hydrogens (tertiary/aromatic N) is 3. The molecule has 2 amide bonds. The number of aromatic nitrogens is 2. The van der Waals surface area contributed by atoms with Gasteiger partial charge in [0.2, 0.25) is 0 Å². The zero-order valence-electron chi connectivity index (χ0n) is 21.1. The van der Waals surface area contributed by atoms with E-state index >= 15 is 0 Å². The van der Waals surface area contributed by atoms with Crippen LogP contribution in [0.2, 0.25) is 0 Å². The van der Waals surface area contributed by atoms with Crippen LogP contribution in [-0.4, -0.2) is 46.7 Å². The number of carbonyl (C=O) groups excluding carboxylic acids is 2. The molecule has 36 heavy (non-hydrogen) atoms. The van der Waals surface area contributed by atoms with Crippen molar-refractivity contribution in [2.45, 2.75) is 38.8 Å². The highest BCUT2D eigenvalue weighted by atomic mass is 16.6. The summed E-state index contributed by atoms with van der Waals surface area (Å²) in [6.45, 7) is 5.44. The van der Waals surface area contributed by atoms with Gasteiger partial charge in [-0.15, -0.1) is 0 Å². The lowest BCUT2D eigenvalue weighted by atomic mass is 9.93. The third-order valence-corrected chi connectivity index (χ3v) is 5.51. The zero-order valence-corrected chi connectivity index (χ0v) is 21.1. The quantitative estimate of drug-likeness (QED) is 0.392. The van der Waals surface area contributed by atoms with E-state index in [1.54, 1.807) is 26.2 Å². The van der Waals surface area contributed by atoms with E-state index < -0.39 is 17.7 Å². The molecule has 0 bridgehead atoms. The number of ether oxygens (including phenoxy) is 1. The summed E-state index contributed by atoms with van der Waals surface area (Å²) in [5.41, 5.74) is 3.34. The summed E-state index contributed by atoms with van der Waals surface area (Å²) in [6, 6.07) is 20.1. The van der Waals surface area contributed by atoms with Crippen LogP contribution >= 0.6 is 0 Å². The molecular formula is C28H30N4O4. The molecular weight excluding hydrogens is 456 g/mol. The van der Waals surface area contributed by atoms with Crippen LogP contribution in [0.3, 0.4) is 0 Å². The number of hydrogen-bond acceptors (Lipinski definition) is 6. The number of nitrogens with one attached hydrogen (secondary N) is 1. The molecule has 0 aliphatic rings. The third-order valence-electron chi connectivity index (χ3n) is 5.51. The van der Waals surface area contributed by atoms with Gasteiger partial charge in [0.05, 0.1) is 6.04 Å². The van der Waals surface area contributed by atoms with Crippen LogP contribution < -0.4 is 5.32 Å². The van der Waals surface area contributed by atoms with Crippen LogP contribution in [0.5, 0.6) is 0 Å². The standard InChI is InChI=1S/C28H30N4O4/c1-28(2,3)35-27(34)30-23(17-18-11-10-15-22(29-18)26(33)32(4)5)19-12-6-7-13-20(19)25-21-14-8-9-16-24(21)36-31-25/h6-16,23H,17H2,1-5H3,(H,30,34)/t23-/m0/s1. The summed E-state index contributed by atoms with van der Waals surface area (Å²) >= 11 is 0. The van der Waals surface area contributed by atoms with Crippen LogP contribution in [0.1, 0.15) is 48.6 Å². The number of amides is 2. The second-order valence-corrected chi connectivity index (χ2v) is 9.73. The Morgan fingerprint density at radius 2 is 1.72 bits per heavy atom. The Bertz CT molecular complexity index is 1390. The van der Waals surface area contributed by atoms with Crippen molar-refractivity contribution in [3.63, 3.8) is 0 Å². The fourth-order valence-corrected chi connectivity index (χ4v) is 3.94. The summed E-state index contributed by atoms with van der Waals surface area (Å²) in [5, 5.41) is 8.20. The topological polar surface area (TPSA) is 97.6 Å². The van der Waals surface area contributed by atoms with E-state index in [1.807, 2.05) is 75.4 Å². The van der Waals surface area contributed by atoms with Gasteiger partial charge in [-0.2, -0.15) is 0 Å². The van der Waals surface area contributed by atoms with Gasteiger partial charge in [0.1, 0.15) is 17.0 Å². The van der Waals surface area contributed by atoms with E-state index in [1.165, 1.54) is 4.90 Å². The highest BCUT2D eigenvalue weighted by molar-refractivity contribution is 5.93. The van der Waals surface area contributed by atoms with Gasteiger partial charge >= 0.3 is 6.09 Å². The molecule has 2 aromatic carbocycles. The first-order valence-electron chi connectivity index (χ1n) is 11.7. The average Bonchev–Trinajstić information content (AvgIpc) is 3.26. The van der Waals surface area contributed by atoms with Crippen LogP contribution in [0.25, 0.3) is 22.2 Å². The van der Waals surface area contributed by atoms with Gasteiger partial charge in [0, 0.05) is 37.2 Å². The fourth-order valence-electron chi connectivity index (χ4n) is 3.94. The van der Waals surface area contributed by atoms with Crippen molar-refractivity contribution in [3.8, 4) is 11.3 Å². The molecule has 2 aromatic heterocycles. The van der Waals surface area contributed by atoms with Crippen LogP contribution in [0.4, 0.5) is 4.79 Å². The van der Waals surface area contributed by atoms with Gasteiger partial charge < -0.3 is 19.5 Å². The molecule has 186 valence electrons. The van der Waals surface area contributed by atoms with Crippen LogP contribution in [-0.2, 0) is 11.2 Å². The van der Waals surface area contributed by atoms with E-state index in [0.29, 0.717) is 29.1 Å². The second-order valence-electron chi connectivity index (χ2n) is 9.73. The highest BCUT2D eigenvalue weighted by Crippen LogP contribution is 2.34. The van der Waals surface area contributed by atoms with E-state index in [9.17, 15) is 9.59 Å². The first kappa shape index (κ1) is 24.9. The molecule has 8 heteroatoms. The molecule has 8 nitrogen and oxygen atoms in total. The summed E-state index contributed by atoms with van der Waals surface area (Å²) in [6.07, 6.45) is -0.214. The van der Waals surface area contributed by atoms with E-state index in [-0.39, 0.29) is 5.91 Å². The SMILES string of the molecule is CN(C)C(=O)c1cccc(C[C@H](NC(=O)OC(C)(C)C)c2ccccc2-c2noc3ccccc23)n1. The largest absolute Gasteiger partial charge is 0.444 e. The molecule has 0 fully saturated rings. The second kappa shape index (κ2) is 10.2. The Morgan fingerprint density at radius 1 is 1.00 bits per heavy atom. The molecule has 1 atom stereocenters. The molecule has 0 unspecified atom stereocenters. The fraction of sp³-hybridized carbons (Fsp3) is 0.286. The van der Waals surface area contributed by atoms with Gasteiger partial charge in [-0.25, -0.2) is 9.78 Å². The summed E-state index contributed by atoms with van der Waals surface area (Å²) in [7, 11) is 3.37. The first-order valence-corrected chi connectivity index (χ1v) is 11.7. The smallest absolute Gasteiger partial charge is 0.408 e. The predicted molar refractivity (Wildman–Crippen MR) is 138 cm³/mol. The third kappa shape index (κ3) is 5.71. The first-order chi connectivity index (χ1) is 17.1. The van der Waals surface area contributed by atoms with Crippen molar-refractivity contribution < 1.29 is 18.8 Å². The maximum absolute atomic E-state index is 12.9. The Balaban J connectivity index is 1.76. The number of pyridine rings is 1. The van der Waals surface area contributed by atoms with Gasteiger partial charge in [-0.1, -0.05) is 47.6 Å². The van der Waals surface area contributed by atoms with Crippen molar-refractivity contribution in [2.24, 2.45) is 0 Å². The number of alkyl carbamates (subject to hydrolysis) is 1. The van der Waals surface area contributed by atoms with Crippen molar-refractivity contribution >= 4 is 23.0 Å². The van der Waals surface area contributed by atoms with E-state index in [0.717, 1.165) is 16.5 Å². The van der Waals surface area contributed by atoms with E-state index in [2.05, 4.69) is 15.5 Å². The normalized spacial score (nSPS) is 12.2. The number of carbonyl (C=O) groups is 2. The van der Waals surface area contributed by atoms with Gasteiger partial charge in [0.15, 0.2) is 5.58 Å². The highest BCUT2D eigenvalue weighted by Gasteiger charge is 2.25. The van der Waals surface area contributed by atoms with Crippen molar-refractivity contribution in [2.75, 3.05) is 14.1 Å². The molecule has 2 heterocycles. The lowest BCUT2D eigenvalue weighted by Crippen LogP contribution is -2.36. The minimum absolute atomic E-state index is 0.192. The Kier molecular flexibility index (Phi) is 7.05. The number of para-hydroxylation sites is 1. The number of rotatable bonds is 6. The Labute approximate surface area is 210 Å². The molecule has 4 aromatic rings. The molecule has 0 saturated carbocycles. The molecule has 0 aliphatic carbocycles. The maximum atomic E-state index is 12.9. The van der Waals surface area contributed by atoms with Crippen molar-refractivity contribution in [1.82, 2.24) is 20.4 Å². The minimum Gasteiger partial charge on any atom is -0.444 e. The summed E-state index contributed by atoms with van der Waals surface area (Å²) in [5.74, 6) is -0.192. The van der Waals surface area contributed by atoms with Crippen molar-refractivity contribution in [3.05, 3.63) is 83.7 Å². The van der Waals surface area contributed by atoms with Crippen molar-refractivity contribution in [1.29, 1.82) is 0 Å². The number of benzene rings is 2. The van der Waals surface area contributed by atoms with Gasteiger partial charge in [-0.05, 0) is 50.6 Å².